The van der Waals surface area contributed by atoms with Crippen molar-refractivity contribution in [3.63, 3.8) is 0 Å². The molecule has 0 unspecified atom stereocenters. The first-order valence-corrected chi connectivity index (χ1v) is 18.9. The number of hydrogen-bond donors (Lipinski definition) is 1. The van der Waals surface area contributed by atoms with Crippen molar-refractivity contribution < 1.29 is 31.1 Å². The molecular weight excluding hydrogens is 647 g/mol. The average Bonchev–Trinajstić information content (AvgIpc) is 2.89. The van der Waals surface area contributed by atoms with Gasteiger partial charge in [0.25, 0.3) is 0 Å². The number of aliphatic hydroxyl groups is 1. The zero-order valence-electron chi connectivity index (χ0n) is 27.9. The Bertz CT molecular complexity index is 1220. The Kier molecular flexibility index (Phi) is 12.5. The molecule has 0 atom stereocenters. The Hall–Kier alpha value is -1.53. The second-order valence-electron chi connectivity index (χ2n) is 15.4. The minimum atomic E-state index is -0.147. The molecule has 0 spiro atoms. The van der Waals surface area contributed by atoms with Crippen molar-refractivity contribution in [3.8, 4) is 0 Å². The van der Waals surface area contributed by atoms with E-state index in [-0.39, 0.29) is 32.7 Å². The van der Waals surface area contributed by atoms with Crippen molar-refractivity contribution in [1.29, 1.82) is 0 Å². The van der Waals surface area contributed by atoms with Crippen LogP contribution >= 0.6 is 11.3 Å². The van der Waals surface area contributed by atoms with Gasteiger partial charge in [0.15, 0.2) is 0 Å². The van der Waals surface area contributed by atoms with Crippen LogP contribution in [0.3, 0.4) is 0 Å². The van der Waals surface area contributed by atoms with Gasteiger partial charge in [-0.25, -0.2) is 0 Å². The summed E-state index contributed by atoms with van der Waals surface area (Å²) in [4.78, 5) is 16.1. The van der Waals surface area contributed by atoms with E-state index in [1.165, 1.54) is 16.9 Å². The van der Waals surface area contributed by atoms with Gasteiger partial charge in [-0.2, -0.15) is 0 Å². The zero-order chi connectivity index (χ0) is 31.2. The van der Waals surface area contributed by atoms with Gasteiger partial charge in [-0.15, -0.1) is 0 Å². The van der Waals surface area contributed by atoms with Gasteiger partial charge in [0, 0.05) is 0 Å². The standard InChI is InChI=1S/C38H55IO2S/c1-25(2)11-13-31-21-28(22-32(42-31)14-12-26(3)4)24-34-35(40)33(36(34)41)23-27-19-29(15-17-37(5,6)7)39-30(20-27)16-18-38(8,9)10/h19-26,40H,11-18H2,1-10H3. The molecule has 42 heavy (non-hydrogen) atoms. The number of ketones is 1. The molecule has 3 rings (SSSR count). The number of carbonyl (C=O) groups excluding carboxylic acids is 1. The van der Waals surface area contributed by atoms with Crippen LogP contribution in [0, 0.1) is 22.7 Å². The van der Waals surface area contributed by atoms with Crippen molar-refractivity contribution in [1.82, 2.24) is 0 Å². The van der Waals surface area contributed by atoms with Crippen LogP contribution in [0.15, 0.2) is 60.0 Å². The van der Waals surface area contributed by atoms with Gasteiger partial charge in [-0.3, -0.25) is 0 Å². The number of allylic oxidation sites excluding steroid dienone is 8. The van der Waals surface area contributed by atoms with Crippen LogP contribution < -0.4 is 21.2 Å². The molecule has 1 aromatic rings. The molecule has 2 nitrogen and oxygen atoms in total. The van der Waals surface area contributed by atoms with E-state index in [0.29, 0.717) is 33.8 Å². The van der Waals surface area contributed by atoms with Crippen molar-refractivity contribution in [2.45, 2.75) is 121 Å². The summed E-state index contributed by atoms with van der Waals surface area (Å²) in [6, 6.07) is 4.43. The molecule has 232 valence electrons. The van der Waals surface area contributed by atoms with E-state index in [9.17, 15) is 9.90 Å². The van der Waals surface area contributed by atoms with Gasteiger partial charge in [0.05, 0.1) is 0 Å². The smallest absolute Gasteiger partial charge is 0.0628 e. The van der Waals surface area contributed by atoms with Crippen LogP contribution in [0.5, 0.6) is 0 Å². The monoisotopic (exact) mass is 702 g/mol. The van der Waals surface area contributed by atoms with Gasteiger partial charge in [-0.1, -0.05) is 27.7 Å². The quantitative estimate of drug-likeness (QED) is 0.135. The number of carbonyl (C=O) groups is 1. The first-order valence-electron chi connectivity index (χ1n) is 15.9. The number of rotatable bonds is 12. The summed E-state index contributed by atoms with van der Waals surface area (Å²) in [5, 5.41) is 11.1. The van der Waals surface area contributed by atoms with Crippen LogP contribution in [-0.2, 0) is 17.6 Å². The van der Waals surface area contributed by atoms with Crippen molar-refractivity contribution in [2.75, 3.05) is 0 Å². The van der Waals surface area contributed by atoms with Crippen LogP contribution in [0.4, 0.5) is 0 Å². The third-order valence-electron chi connectivity index (χ3n) is 7.59. The minimum absolute atomic E-state index is 0.0467. The summed E-state index contributed by atoms with van der Waals surface area (Å²) in [7, 11) is 0. The van der Waals surface area contributed by atoms with Gasteiger partial charge in [-0.05, 0) is 24.7 Å². The van der Waals surface area contributed by atoms with E-state index in [2.05, 4.69) is 93.5 Å². The summed E-state index contributed by atoms with van der Waals surface area (Å²) >= 11 is 1.75. The Morgan fingerprint density at radius 3 is 1.67 bits per heavy atom. The van der Waals surface area contributed by atoms with Crippen LogP contribution in [-0.4, -0.2) is 10.9 Å². The number of halogens is 1. The van der Waals surface area contributed by atoms with Gasteiger partial charge in [0.2, 0.25) is 0 Å². The number of Topliss-reactive ketones (excluding diaryl/α,β-unsaturated/α-hetero) is 1. The summed E-state index contributed by atoms with van der Waals surface area (Å²) < 4.78 is 3.08. The van der Waals surface area contributed by atoms with Gasteiger partial charge in [0.1, 0.15) is 0 Å². The maximum absolute atomic E-state index is 13.4. The summed E-state index contributed by atoms with van der Waals surface area (Å²) in [5.74, 6) is 1.40. The summed E-state index contributed by atoms with van der Waals surface area (Å²) in [6.07, 6.45) is 17.4. The van der Waals surface area contributed by atoms with Crippen molar-refractivity contribution in [3.05, 3.63) is 75.3 Å². The van der Waals surface area contributed by atoms with E-state index in [1.54, 1.807) is 0 Å². The first-order chi connectivity index (χ1) is 19.5. The molecule has 1 N–H and O–H groups in total. The fourth-order valence-electron chi connectivity index (χ4n) is 4.80. The SMILES string of the molecule is CC(C)CCc1cc(C=C2C(=O)C(C=C3C=C(CCC(C)(C)C)[I-]C(CCC(C)(C)C)=C3)=C2O)cc(CCC(C)C)[s+]1. The maximum atomic E-state index is 13.4. The Labute approximate surface area is 271 Å². The molecule has 0 bridgehead atoms. The molecule has 0 saturated heterocycles. The van der Waals surface area contributed by atoms with E-state index < -0.39 is 0 Å². The van der Waals surface area contributed by atoms with Crippen molar-refractivity contribution >= 4 is 23.2 Å². The van der Waals surface area contributed by atoms with Crippen LogP contribution in [0.2, 0.25) is 0 Å². The molecule has 0 fully saturated rings. The van der Waals surface area contributed by atoms with E-state index >= 15 is 0 Å². The fraction of sp³-hybridized carbons (Fsp3) is 0.579. The third-order valence-corrected chi connectivity index (χ3v) is 11.8. The molecular formula is C38H55IO2S. The molecule has 4 heteroatoms. The van der Waals surface area contributed by atoms with E-state index in [1.807, 2.05) is 23.5 Å². The summed E-state index contributed by atoms with van der Waals surface area (Å²) in [5.41, 5.74) is 3.59. The second-order valence-corrected chi connectivity index (χ2v) is 19.9. The predicted octanol–water partition coefficient (Wildman–Crippen LogP) is 8.43. The third kappa shape index (κ3) is 11.5. The normalized spacial score (nSPS) is 17.5. The summed E-state index contributed by atoms with van der Waals surface area (Å²) in [6.45, 7) is 22.9. The van der Waals surface area contributed by atoms with Crippen LogP contribution in [0.1, 0.15) is 123 Å². The minimum Gasteiger partial charge on any atom is -0.0628 e. The number of hydrogen-bond acceptors (Lipinski definition) is 2. The molecule has 1 aliphatic heterocycles. The molecule has 0 radical (unpaired) electrons. The molecule has 2 aliphatic rings. The number of aliphatic hydroxyl groups excluding tert-OH is 1. The average molecular weight is 703 g/mol. The fourth-order valence-corrected chi connectivity index (χ4v) is 8.97. The molecule has 0 saturated carbocycles. The Morgan fingerprint density at radius 2 is 1.26 bits per heavy atom. The molecule has 1 aromatic heterocycles. The van der Waals surface area contributed by atoms with Crippen molar-refractivity contribution in [2.24, 2.45) is 22.7 Å². The molecule has 1 aliphatic carbocycles. The molecule has 0 amide bonds. The van der Waals surface area contributed by atoms with E-state index in [4.69, 9.17) is 0 Å². The molecule has 2 heterocycles. The predicted molar refractivity (Wildman–Crippen MR) is 179 cm³/mol. The zero-order valence-corrected chi connectivity index (χ0v) is 30.9. The first kappa shape index (κ1) is 35.0. The number of aryl methyl sites for hydroxylation is 2. The molecule has 0 aromatic carbocycles. The van der Waals surface area contributed by atoms with E-state index in [0.717, 1.165) is 62.5 Å². The van der Waals surface area contributed by atoms with Gasteiger partial charge >= 0.3 is 221 Å². The topological polar surface area (TPSA) is 37.3 Å². The second kappa shape index (κ2) is 15.0. The Morgan fingerprint density at radius 1 is 0.786 bits per heavy atom. The Balaban J connectivity index is 1.91. The van der Waals surface area contributed by atoms with Crippen LogP contribution in [0.25, 0.3) is 6.08 Å². The van der Waals surface area contributed by atoms with Gasteiger partial charge < -0.3 is 0 Å².